The molecule has 1 aliphatic heterocycles. The summed E-state index contributed by atoms with van der Waals surface area (Å²) in [6, 6.07) is 0.286. The van der Waals surface area contributed by atoms with Crippen molar-refractivity contribution in [3.8, 4) is 0 Å². The minimum atomic E-state index is -0.493. The predicted octanol–water partition coefficient (Wildman–Crippen LogP) is 0.177. The van der Waals surface area contributed by atoms with E-state index < -0.39 is 11.9 Å². The summed E-state index contributed by atoms with van der Waals surface area (Å²) >= 11 is 0. The van der Waals surface area contributed by atoms with Gasteiger partial charge in [0.05, 0.1) is 0 Å². The lowest BCUT2D eigenvalue weighted by Gasteiger charge is -2.34. The highest BCUT2D eigenvalue weighted by Crippen LogP contribution is 2.15. The van der Waals surface area contributed by atoms with E-state index in [1.807, 2.05) is 20.8 Å². The fourth-order valence-electron chi connectivity index (χ4n) is 1.83. The summed E-state index contributed by atoms with van der Waals surface area (Å²) in [7, 11) is 0. The molecule has 1 heterocycles. The van der Waals surface area contributed by atoms with E-state index in [1.165, 1.54) is 0 Å². The van der Waals surface area contributed by atoms with Gasteiger partial charge >= 0.3 is 6.09 Å². The van der Waals surface area contributed by atoms with E-state index in [-0.39, 0.29) is 12.1 Å². The molecule has 0 spiro atoms. The molecule has 0 aromatic heterocycles. The van der Waals surface area contributed by atoms with Crippen LogP contribution in [-0.4, -0.2) is 42.0 Å². The molecule has 1 saturated heterocycles. The Kier molecular flexibility index (Phi) is 4.73. The Bertz CT molecular complexity index is 255. The average molecular weight is 244 g/mol. The quantitative estimate of drug-likeness (QED) is 0.602. The van der Waals surface area contributed by atoms with Crippen LogP contribution in [0.1, 0.15) is 33.6 Å². The van der Waals surface area contributed by atoms with Crippen LogP contribution in [0.2, 0.25) is 0 Å². The minimum absolute atomic E-state index is 0.243. The molecule has 0 saturated carbocycles. The predicted molar refractivity (Wildman–Crippen MR) is 66.1 cm³/mol. The molecule has 0 aromatic carbocycles. The van der Waals surface area contributed by atoms with Gasteiger partial charge in [0.25, 0.3) is 0 Å². The van der Waals surface area contributed by atoms with E-state index in [4.69, 9.17) is 16.2 Å². The van der Waals surface area contributed by atoms with Crippen molar-refractivity contribution in [2.45, 2.75) is 51.5 Å². The molecule has 0 unspecified atom stereocenters. The summed E-state index contributed by atoms with van der Waals surface area (Å²) in [6.07, 6.45) is 0.968. The van der Waals surface area contributed by atoms with Gasteiger partial charge in [0.15, 0.2) is 0 Å². The van der Waals surface area contributed by atoms with Crippen LogP contribution >= 0.6 is 0 Å². The third-order valence-electron chi connectivity index (χ3n) is 2.57. The van der Waals surface area contributed by atoms with Gasteiger partial charge in [-0.2, -0.15) is 0 Å². The second-order valence-electron chi connectivity index (χ2n) is 5.43. The van der Waals surface area contributed by atoms with Gasteiger partial charge in [-0.1, -0.05) is 0 Å². The first-order valence-electron chi connectivity index (χ1n) is 6.03. The van der Waals surface area contributed by atoms with Crippen molar-refractivity contribution in [1.82, 2.24) is 10.2 Å². The number of ether oxygens (including phenoxy) is 1. The number of piperidine rings is 1. The Morgan fingerprint density at radius 3 is 2.29 bits per heavy atom. The van der Waals surface area contributed by atoms with Crippen molar-refractivity contribution >= 4 is 6.09 Å². The number of nitrogens with two attached hydrogens (primary N) is 2. The maximum Gasteiger partial charge on any atom is 0.410 e. The van der Waals surface area contributed by atoms with Crippen LogP contribution in [0.3, 0.4) is 0 Å². The van der Waals surface area contributed by atoms with Crippen LogP contribution in [0.25, 0.3) is 0 Å². The minimum Gasteiger partial charge on any atom is -0.444 e. The summed E-state index contributed by atoms with van der Waals surface area (Å²) in [5.41, 5.74) is 10.5. The van der Waals surface area contributed by atoms with Gasteiger partial charge in [-0.3, -0.25) is 5.32 Å². The van der Waals surface area contributed by atoms with Gasteiger partial charge in [0.1, 0.15) is 11.9 Å². The van der Waals surface area contributed by atoms with Crippen LogP contribution in [-0.2, 0) is 4.74 Å². The van der Waals surface area contributed by atoms with E-state index in [1.54, 1.807) is 4.90 Å². The van der Waals surface area contributed by atoms with Crippen LogP contribution in [0, 0.1) is 0 Å². The maximum atomic E-state index is 11.8. The number of hydrogen-bond acceptors (Lipinski definition) is 5. The Hall–Kier alpha value is -0.850. The second-order valence-corrected chi connectivity index (χ2v) is 5.43. The molecule has 5 N–H and O–H groups in total. The smallest absolute Gasteiger partial charge is 0.410 e. The fraction of sp³-hybridized carbons (Fsp3) is 0.909. The van der Waals surface area contributed by atoms with Crippen LogP contribution < -0.4 is 16.8 Å². The first kappa shape index (κ1) is 14.2. The zero-order valence-electron chi connectivity index (χ0n) is 10.9. The molecule has 0 aliphatic carbocycles. The molecule has 1 aliphatic rings. The normalized spacial score (nSPS) is 18.6. The lowest BCUT2D eigenvalue weighted by molar-refractivity contribution is 0.0196. The molecule has 6 nitrogen and oxygen atoms in total. The van der Waals surface area contributed by atoms with Crippen molar-refractivity contribution < 1.29 is 9.53 Å². The highest BCUT2D eigenvalue weighted by Gasteiger charge is 2.26. The first-order chi connectivity index (χ1) is 7.78. The van der Waals surface area contributed by atoms with E-state index in [2.05, 4.69) is 5.32 Å². The number of hydrogen-bond donors (Lipinski definition) is 3. The number of likely N-dealkylation sites (tertiary alicyclic amines) is 1. The summed E-state index contributed by atoms with van der Waals surface area (Å²) < 4.78 is 5.31. The van der Waals surface area contributed by atoms with Gasteiger partial charge in [-0.25, -0.2) is 4.79 Å². The number of nitrogens with one attached hydrogen (secondary N) is 1. The summed E-state index contributed by atoms with van der Waals surface area (Å²) in [6.45, 7) is 6.96. The van der Waals surface area contributed by atoms with Gasteiger partial charge in [-0.05, 0) is 33.6 Å². The summed E-state index contributed by atoms with van der Waals surface area (Å²) in [4.78, 5) is 13.5. The molecule has 17 heavy (non-hydrogen) atoms. The standard InChI is InChI=1S/C11H24N4O2/c1-11(2,3)17-10(16)15-6-4-8(5-7-15)14-9(12)13/h8-9,14H,4-7,12-13H2,1-3H3. The molecule has 1 amide bonds. The Balaban J connectivity index is 2.34. The molecular formula is C11H24N4O2. The van der Waals surface area contributed by atoms with Crippen molar-refractivity contribution in [1.29, 1.82) is 0 Å². The third kappa shape index (κ3) is 5.34. The zero-order valence-corrected chi connectivity index (χ0v) is 10.9. The number of carbonyl (C=O) groups excluding carboxylic acids is 1. The Morgan fingerprint density at radius 1 is 1.35 bits per heavy atom. The van der Waals surface area contributed by atoms with Crippen LogP contribution in [0.15, 0.2) is 0 Å². The third-order valence-corrected chi connectivity index (χ3v) is 2.57. The van der Waals surface area contributed by atoms with Crippen molar-refractivity contribution in [2.75, 3.05) is 13.1 Å². The van der Waals surface area contributed by atoms with Crippen molar-refractivity contribution in [2.24, 2.45) is 11.5 Å². The lowest BCUT2D eigenvalue weighted by atomic mass is 10.1. The zero-order chi connectivity index (χ0) is 13.1. The summed E-state index contributed by atoms with van der Waals surface area (Å²) in [5.74, 6) is 0. The average Bonchev–Trinajstić information content (AvgIpc) is 2.15. The lowest BCUT2D eigenvalue weighted by Crippen LogP contribution is -2.54. The number of carbonyl (C=O) groups is 1. The number of nitrogens with zero attached hydrogens (tertiary/aromatic N) is 1. The van der Waals surface area contributed by atoms with Crippen molar-refractivity contribution in [3.63, 3.8) is 0 Å². The maximum absolute atomic E-state index is 11.8. The van der Waals surface area contributed by atoms with Gasteiger partial charge < -0.3 is 21.1 Å². The van der Waals surface area contributed by atoms with E-state index >= 15 is 0 Å². The Morgan fingerprint density at radius 2 is 1.88 bits per heavy atom. The van der Waals surface area contributed by atoms with E-state index in [0.29, 0.717) is 13.1 Å². The molecule has 6 heteroatoms. The van der Waals surface area contributed by atoms with Gasteiger partial charge in [-0.15, -0.1) is 0 Å². The SMILES string of the molecule is CC(C)(C)OC(=O)N1CCC(NC(N)N)CC1. The van der Waals surface area contributed by atoms with Gasteiger partial charge in [0.2, 0.25) is 0 Å². The first-order valence-corrected chi connectivity index (χ1v) is 6.03. The highest BCUT2D eigenvalue weighted by atomic mass is 16.6. The molecule has 1 fully saturated rings. The topological polar surface area (TPSA) is 93.6 Å². The molecule has 0 aromatic rings. The number of amides is 1. The van der Waals surface area contributed by atoms with E-state index in [0.717, 1.165) is 12.8 Å². The molecule has 1 rings (SSSR count). The molecule has 0 radical (unpaired) electrons. The molecule has 0 atom stereocenters. The highest BCUT2D eigenvalue weighted by molar-refractivity contribution is 5.68. The Labute approximate surface area is 103 Å². The largest absolute Gasteiger partial charge is 0.444 e. The van der Waals surface area contributed by atoms with Crippen LogP contribution in [0.5, 0.6) is 0 Å². The molecular weight excluding hydrogens is 220 g/mol. The molecule has 0 bridgehead atoms. The number of rotatable bonds is 2. The van der Waals surface area contributed by atoms with Crippen molar-refractivity contribution in [3.05, 3.63) is 0 Å². The van der Waals surface area contributed by atoms with E-state index in [9.17, 15) is 4.79 Å². The fourth-order valence-corrected chi connectivity index (χ4v) is 1.83. The monoisotopic (exact) mass is 244 g/mol. The second kappa shape index (κ2) is 5.66. The molecule has 100 valence electrons. The van der Waals surface area contributed by atoms with Crippen LogP contribution in [0.4, 0.5) is 4.79 Å². The van der Waals surface area contributed by atoms with Gasteiger partial charge in [0, 0.05) is 19.1 Å². The summed E-state index contributed by atoms with van der Waals surface area (Å²) in [5, 5.41) is 3.07.